The fraction of sp³-hybridized carbons (Fsp3) is 0.368. The average Bonchev–Trinajstić information content (AvgIpc) is 3.52. The third-order valence-corrected chi connectivity index (χ3v) is 9.64. The normalized spacial score (nSPS) is 24.6. The molecule has 1 fully saturated rings. The van der Waals surface area contributed by atoms with Crippen LogP contribution in [0.1, 0.15) is 56.7 Å². The van der Waals surface area contributed by atoms with Crippen LogP contribution in [-0.4, -0.2) is 54.2 Å². The number of fused-ring (bicyclic) bond motifs is 1. The van der Waals surface area contributed by atoms with E-state index in [9.17, 15) is 24.5 Å². The number of para-hydroxylation sites is 1. The molecule has 5 rings (SSSR count). The highest BCUT2D eigenvalue weighted by Crippen LogP contribution is 2.62. The maximum Gasteiger partial charge on any atom is 0.421 e. The molecule has 0 saturated heterocycles. The number of hydrogen-bond donors (Lipinski definition) is 0. The number of nitrogens with zero attached hydrogens (tertiary/aromatic N) is 2. The molecule has 0 spiro atoms. The summed E-state index contributed by atoms with van der Waals surface area (Å²) in [6.07, 6.45) is 1.42. The van der Waals surface area contributed by atoms with Crippen LogP contribution in [0.4, 0.5) is 10.5 Å². The molecular formula is C38H39ClN2O9. The van der Waals surface area contributed by atoms with Crippen molar-refractivity contribution in [3.63, 3.8) is 0 Å². The topological polar surface area (TPSA) is 142 Å². The highest BCUT2D eigenvalue weighted by atomic mass is 35.5. The van der Waals surface area contributed by atoms with Gasteiger partial charge in [0.2, 0.25) is 6.04 Å². The summed E-state index contributed by atoms with van der Waals surface area (Å²) in [6, 6.07) is 20.2. The fourth-order valence-electron chi connectivity index (χ4n) is 7.74. The molecule has 1 aliphatic heterocycles. The van der Waals surface area contributed by atoms with E-state index in [1.807, 2.05) is 0 Å². The molecule has 3 aromatic carbocycles. The van der Waals surface area contributed by atoms with Crippen molar-refractivity contribution in [3.05, 3.63) is 123 Å². The second kappa shape index (κ2) is 14.4. The highest BCUT2D eigenvalue weighted by Gasteiger charge is 2.70. The van der Waals surface area contributed by atoms with Crippen molar-refractivity contribution >= 4 is 41.2 Å². The molecule has 2 aliphatic rings. The van der Waals surface area contributed by atoms with E-state index in [1.54, 1.807) is 107 Å². The second-order valence-electron chi connectivity index (χ2n) is 13.3. The number of rotatable bonds is 9. The lowest BCUT2D eigenvalue weighted by Gasteiger charge is -2.39. The maximum atomic E-state index is 15.4. The summed E-state index contributed by atoms with van der Waals surface area (Å²) in [5, 5.41) is 14.0. The van der Waals surface area contributed by atoms with Crippen molar-refractivity contribution in [1.82, 2.24) is 0 Å². The van der Waals surface area contributed by atoms with E-state index < -0.39 is 69.6 Å². The molecule has 0 aromatic heterocycles. The Morgan fingerprint density at radius 1 is 1.00 bits per heavy atom. The van der Waals surface area contributed by atoms with Crippen LogP contribution in [0, 0.1) is 27.9 Å². The van der Waals surface area contributed by atoms with Crippen LogP contribution in [0.5, 0.6) is 0 Å². The van der Waals surface area contributed by atoms with Gasteiger partial charge in [-0.1, -0.05) is 78.3 Å². The van der Waals surface area contributed by atoms with Gasteiger partial charge in [-0.2, -0.15) is 0 Å². The van der Waals surface area contributed by atoms with Gasteiger partial charge in [-0.3, -0.25) is 19.7 Å². The second-order valence-corrected chi connectivity index (χ2v) is 13.8. The van der Waals surface area contributed by atoms with Gasteiger partial charge in [-0.25, -0.2) is 14.5 Å². The van der Waals surface area contributed by atoms with Crippen LogP contribution in [-0.2, 0) is 34.0 Å². The SMILES string of the molecule is CCOC(=O)C[C@H]1[C@H](/C=C/C(=O)OC)[C@@H](c2ccc(Cl)cc2)[C@@H]([N+](=O)[O-])[C@@H]1[C@@]1(c2ccccc2)C(=O)N(C(=O)OC(C)(C)C)c2ccccc21. The van der Waals surface area contributed by atoms with Crippen LogP contribution >= 0.6 is 11.6 Å². The minimum absolute atomic E-state index is 0.0518. The summed E-state index contributed by atoms with van der Waals surface area (Å²) in [4.78, 5) is 69.5. The highest BCUT2D eigenvalue weighted by molar-refractivity contribution is 6.30. The Balaban J connectivity index is 1.89. The Morgan fingerprint density at radius 2 is 1.64 bits per heavy atom. The molecule has 0 unspecified atom stereocenters. The van der Waals surface area contributed by atoms with Gasteiger partial charge in [0, 0.05) is 22.4 Å². The Kier molecular flexibility index (Phi) is 10.5. The minimum atomic E-state index is -1.87. The zero-order valence-corrected chi connectivity index (χ0v) is 29.2. The first-order valence-electron chi connectivity index (χ1n) is 16.3. The van der Waals surface area contributed by atoms with Gasteiger partial charge in [0.1, 0.15) is 11.0 Å². The van der Waals surface area contributed by atoms with E-state index in [1.165, 1.54) is 19.3 Å². The Hall–Kier alpha value is -5.03. The number of hydrogen-bond acceptors (Lipinski definition) is 9. The average molecular weight is 703 g/mol. The molecule has 262 valence electrons. The zero-order valence-electron chi connectivity index (χ0n) is 28.4. The predicted octanol–water partition coefficient (Wildman–Crippen LogP) is 6.88. The molecule has 6 atom stereocenters. The predicted molar refractivity (Wildman–Crippen MR) is 185 cm³/mol. The molecular weight excluding hydrogens is 664 g/mol. The lowest BCUT2D eigenvalue weighted by molar-refractivity contribution is -0.534. The Morgan fingerprint density at radius 3 is 2.24 bits per heavy atom. The Bertz CT molecular complexity index is 1800. The van der Waals surface area contributed by atoms with Crippen molar-refractivity contribution in [2.24, 2.45) is 17.8 Å². The summed E-state index contributed by atoms with van der Waals surface area (Å²) in [5.74, 6) is -6.16. The number of methoxy groups -OCH3 is 1. The number of amides is 2. The number of benzene rings is 3. The Labute approximate surface area is 295 Å². The number of allylic oxidation sites excluding steroid dienone is 1. The molecule has 1 heterocycles. The molecule has 1 aliphatic carbocycles. The zero-order chi connectivity index (χ0) is 36.4. The number of carbonyl (C=O) groups is 4. The maximum absolute atomic E-state index is 15.4. The first-order valence-corrected chi connectivity index (χ1v) is 16.7. The lowest BCUT2D eigenvalue weighted by Crippen LogP contribution is -2.54. The summed E-state index contributed by atoms with van der Waals surface area (Å²) >= 11 is 6.24. The molecule has 0 bridgehead atoms. The van der Waals surface area contributed by atoms with Crippen molar-refractivity contribution in [2.75, 3.05) is 18.6 Å². The van der Waals surface area contributed by atoms with Crippen molar-refractivity contribution in [2.45, 2.75) is 57.1 Å². The number of carbonyl (C=O) groups excluding carboxylic acids is 4. The number of imide groups is 1. The monoisotopic (exact) mass is 702 g/mol. The number of halogens is 1. The molecule has 1 saturated carbocycles. The van der Waals surface area contributed by atoms with Crippen LogP contribution in [0.2, 0.25) is 5.02 Å². The van der Waals surface area contributed by atoms with Gasteiger partial charge in [-0.15, -0.1) is 0 Å². The van der Waals surface area contributed by atoms with Crippen molar-refractivity contribution in [1.29, 1.82) is 0 Å². The van der Waals surface area contributed by atoms with E-state index in [0.717, 1.165) is 4.90 Å². The van der Waals surface area contributed by atoms with Crippen LogP contribution in [0.15, 0.2) is 91.0 Å². The number of anilines is 1. The summed E-state index contributed by atoms with van der Waals surface area (Å²) < 4.78 is 16.0. The summed E-state index contributed by atoms with van der Waals surface area (Å²) in [5.41, 5.74) is -1.39. The van der Waals surface area contributed by atoms with E-state index in [4.69, 9.17) is 25.8 Å². The number of nitro groups is 1. The van der Waals surface area contributed by atoms with Crippen molar-refractivity contribution < 1.29 is 38.3 Å². The van der Waals surface area contributed by atoms with Gasteiger partial charge in [0.05, 0.1) is 31.2 Å². The summed E-state index contributed by atoms with van der Waals surface area (Å²) in [7, 11) is 1.21. The van der Waals surface area contributed by atoms with E-state index in [2.05, 4.69) is 0 Å². The largest absolute Gasteiger partial charge is 0.466 e. The quantitative estimate of drug-likeness (QED) is 0.0766. The fourth-order valence-corrected chi connectivity index (χ4v) is 7.86. The van der Waals surface area contributed by atoms with Crippen LogP contribution < -0.4 is 4.90 Å². The molecule has 2 amide bonds. The van der Waals surface area contributed by atoms with E-state index in [0.29, 0.717) is 21.7 Å². The molecule has 12 heteroatoms. The molecule has 50 heavy (non-hydrogen) atoms. The van der Waals surface area contributed by atoms with Gasteiger partial charge in [0.25, 0.3) is 5.91 Å². The molecule has 0 radical (unpaired) electrons. The smallest absolute Gasteiger partial charge is 0.421 e. The first-order chi connectivity index (χ1) is 23.8. The minimum Gasteiger partial charge on any atom is -0.466 e. The van der Waals surface area contributed by atoms with Gasteiger partial charge in [-0.05, 0) is 74.4 Å². The molecule has 11 nitrogen and oxygen atoms in total. The summed E-state index contributed by atoms with van der Waals surface area (Å²) in [6.45, 7) is 6.72. The van der Waals surface area contributed by atoms with Gasteiger partial charge >= 0.3 is 18.0 Å². The van der Waals surface area contributed by atoms with E-state index in [-0.39, 0.29) is 18.7 Å². The third-order valence-electron chi connectivity index (χ3n) is 9.38. The van der Waals surface area contributed by atoms with Crippen LogP contribution in [0.3, 0.4) is 0 Å². The molecule has 0 N–H and O–H groups in total. The molecule has 3 aromatic rings. The lowest BCUT2D eigenvalue weighted by atomic mass is 9.60. The number of ether oxygens (including phenoxy) is 3. The van der Waals surface area contributed by atoms with E-state index >= 15 is 4.79 Å². The third kappa shape index (κ3) is 6.61. The first kappa shape index (κ1) is 36.3. The van der Waals surface area contributed by atoms with Gasteiger partial charge in [0.15, 0.2) is 0 Å². The van der Waals surface area contributed by atoms with Crippen LogP contribution in [0.25, 0.3) is 0 Å². The van der Waals surface area contributed by atoms with Gasteiger partial charge < -0.3 is 14.2 Å². The number of esters is 2. The standard InChI is InChI=1S/C38H39ClN2O9/c1-6-49-31(43)22-27-26(20-21-30(42)48-5)32(23-16-18-25(39)19-17-23)34(41(46)47)33(27)38(24-12-8-7-9-13-24)28-14-10-11-15-29(28)40(35(38)44)36(45)50-37(2,3)4/h7-21,26-27,32-34H,6,22H2,1-5H3/b21-20+/t26-,27-,32+,33+,34+,38-/m0/s1. The van der Waals surface area contributed by atoms with Crippen molar-refractivity contribution in [3.8, 4) is 0 Å².